The first kappa shape index (κ1) is 20.4. The molecule has 0 bridgehead atoms. The third kappa shape index (κ3) is 4.48. The smallest absolute Gasteiger partial charge is 0.252 e. The maximum Gasteiger partial charge on any atom is 0.252 e. The number of halogens is 1. The van der Waals surface area contributed by atoms with Crippen molar-refractivity contribution in [3.8, 4) is 0 Å². The Balaban J connectivity index is 1.56. The van der Waals surface area contributed by atoms with E-state index < -0.39 is 11.7 Å². The van der Waals surface area contributed by atoms with Crippen LogP contribution in [-0.4, -0.2) is 36.1 Å². The summed E-state index contributed by atoms with van der Waals surface area (Å²) >= 11 is 0. The lowest BCUT2D eigenvalue weighted by atomic mass is 9.91. The van der Waals surface area contributed by atoms with Gasteiger partial charge in [-0.15, -0.1) is 0 Å². The van der Waals surface area contributed by atoms with Crippen molar-refractivity contribution in [3.05, 3.63) is 41.7 Å². The summed E-state index contributed by atoms with van der Waals surface area (Å²) in [6, 6.07) is 8.94. The number of nitrogens with zero attached hydrogens (tertiary/aromatic N) is 2. The molecule has 1 saturated carbocycles. The van der Waals surface area contributed by atoms with Crippen molar-refractivity contribution >= 4 is 28.9 Å². The first-order valence-electron chi connectivity index (χ1n) is 10.7. The van der Waals surface area contributed by atoms with Crippen LogP contribution in [0.25, 0.3) is 0 Å². The zero-order valence-electron chi connectivity index (χ0n) is 17.0. The topological polar surface area (TPSA) is 109 Å². The van der Waals surface area contributed by atoms with Gasteiger partial charge in [-0.25, -0.2) is 9.37 Å². The van der Waals surface area contributed by atoms with Gasteiger partial charge in [-0.05, 0) is 56.0 Å². The minimum Gasteiger partial charge on any atom is -0.372 e. The highest BCUT2D eigenvalue weighted by Crippen LogP contribution is 2.28. The molecule has 0 spiro atoms. The summed E-state index contributed by atoms with van der Waals surface area (Å²) in [6.07, 6.45) is 6.30. The third-order valence-electron chi connectivity index (χ3n) is 5.98. The number of hydrogen-bond donors (Lipinski definition) is 4. The number of amides is 1. The highest BCUT2D eigenvalue weighted by atomic mass is 19.1. The fourth-order valence-electron chi connectivity index (χ4n) is 4.26. The number of nitrogens with two attached hydrogens (primary N) is 2. The maximum atomic E-state index is 14.6. The van der Waals surface area contributed by atoms with Crippen LogP contribution in [-0.2, 0) is 0 Å². The number of aromatic nitrogens is 1. The molecule has 6 N–H and O–H groups in total. The van der Waals surface area contributed by atoms with Crippen molar-refractivity contribution in [2.75, 3.05) is 28.6 Å². The van der Waals surface area contributed by atoms with Crippen LogP contribution < -0.4 is 27.0 Å². The molecule has 1 aromatic heterocycles. The molecule has 8 heteroatoms. The molecule has 4 rings (SSSR count). The number of carbonyl (C=O) groups excluding carboxylic acids is 1. The van der Waals surface area contributed by atoms with E-state index in [4.69, 9.17) is 11.5 Å². The van der Waals surface area contributed by atoms with Gasteiger partial charge in [-0.2, -0.15) is 0 Å². The Morgan fingerprint density at radius 1 is 1.07 bits per heavy atom. The third-order valence-corrected chi connectivity index (χ3v) is 5.98. The van der Waals surface area contributed by atoms with Crippen molar-refractivity contribution in [3.63, 3.8) is 0 Å². The van der Waals surface area contributed by atoms with E-state index in [-0.39, 0.29) is 29.3 Å². The molecule has 160 valence electrons. The molecule has 1 saturated heterocycles. The fourth-order valence-corrected chi connectivity index (χ4v) is 4.26. The molecular weight excluding hydrogens is 383 g/mol. The molecule has 1 aliphatic carbocycles. The molecule has 1 aliphatic heterocycles. The Bertz CT molecular complexity index is 897. The minimum absolute atomic E-state index is 0.00890. The van der Waals surface area contributed by atoms with E-state index in [1.807, 2.05) is 24.3 Å². The van der Waals surface area contributed by atoms with Crippen molar-refractivity contribution in [1.29, 1.82) is 0 Å². The molecular formula is C22H29FN6O. The van der Waals surface area contributed by atoms with E-state index in [9.17, 15) is 9.18 Å². The second-order valence-corrected chi connectivity index (χ2v) is 8.14. The maximum absolute atomic E-state index is 14.6. The first-order valence-corrected chi connectivity index (χ1v) is 10.7. The Morgan fingerprint density at radius 2 is 1.77 bits per heavy atom. The molecule has 2 aromatic rings. The van der Waals surface area contributed by atoms with Gasteiger partial charge in [-0.1, -0.05) is 12.8 Å². The van der Waals surface area contributed by atoms with E-state index >= 15 is 0 Å². The fraction of sp³-hybridized carbons (Fsp3) is 0.455. The summed E-state index contributed by atoms with van der Waals surface area (Å²) in [4.78, 5) is 18.6. The lowest BCUT2D eigenvalue weighted by molar-refractivity contribution is 0.100. The van der Waals surface area contributed by atoms with Crippen LogP contribution >= 0.6 is 0 Å². The zero-order valence-corrected chi connectivity index (χ0v) is 17.0. The van der Waals surface area contributed by atoms with Crippen LogP contribution in [0.15, 0.2) is 30.3 Å². The Morgan fingerprint density at radius 3 is 2.43 bits per heavy atom. The standard InChI is InChI=1S/C22H29FN6O/c23-17-13-16(20(25)30)21(28-22(17)27-19-6-2-1-5-18(19)24)26-14-7-9-15(10-8-14)29-11-3-4-12-29/h7-10,13,18-19H,1-6,11-12,24H2,(H2,25,30)(H2,26,27,28). The van der Waals surface area contributed by atoms with E-state index in [0.29, 0.717) is 0 Å². The van der Waals surface area contributed by atoms with Gasteiger partial charge >= 0.3 is 0 Å². The molecule has 1 aromatic carbocycles. The van der Waals surface area contributed by atoms with E-state index in [0.717, 1.165) is 56.2 Å². The normalized spacial score (nSPS) is 21.5. The summed E-state index contributed by atoms with van der Waals surface area (Å²) in [5.41, 5.74) is 13.6. The number of pyridine rings is 1. The number of hydrogen-bond acceptors (Lipinski definition) is 6. The zero-order chi connectivity index (χ0) is 21.1. The average molecular weight is 413 g/mol. The van der Waals surface area contributed by atoms with Crippen LogP contribution in [0.2, 0.25) is 0 Å². The predicted octanol–water partition coefficient (Wildman–Crippen LogP) is 3.35. The Hall–Kier alpha value is -2.87. The lowest BCUT2D eigenvalue weighted by Gasteiger charge is -2.30. The van der Waals surface area contributed by atoms with Crippen LogP contribution in [0.4, 0.5) is 27.4 Å². The second kappa shape index (κ2) is 8.87. The molecule has 2 aliphatic rings. The van der Waals surface area contributed by atoms with Crippen LogP contribution in [0.5, 0.6) is 0 Å². The van der Waals surface area contributed by atoms with E-state index in [1.54, 1.807) is 0 Å². The van der Waals surface area contributed by atoms with Crippen LogP contribution in [0.3, 0.4) is 0 Å². The highest BCUT2D eigenvalue weighted by molar-refractivity contribution is 5.98. The van der Waals surface area contributed by atoms with Gasteiger partial charge in [0.15, 0.2) is 11.6 Å². The number of benzene rings is 1. The van der Waals surface area contributed by atoms with Crippen molar-refractivity contribution < 1.29 is 9.18 Å². The summed E-state index contributed by atoms with van der Waals surface area (Å²) in [5, 5.41) is 6.25. The number of rotatable bonds is 6. The van der Waals surface area contributed by atoms with E-state index in [2.05, 4.69) is 20.5 Å². The number of nitrogens with one attached hydrogen (secondary N) is 2. The lowest BCUT2D eigenvalue weighted by Crippen LogP contribution is -2.43. The van der Waals surface area contributed by atoms with Gasteiger partial charge in [0, 0.05) is 36.5 Å². The summed E-state index contributed by atoms with van der Waals surface area (Å²) < 4.78 is 14.6. The molecule has 1 amide bonds. The summed E-state index contributed by atoms with van der Waals surface area (Å²) in [6.45, 7) is 2.13. The van der Waals surface area contributed by atoms with Gasteiger partial charge in [0.2, 0.25) is 0 Å². The van der Waals surface area contributed by atoms with Crippen molar-refractivity contribution in [1.82, 2.24) is 4.98 Å². The SMILES string of the molecule is NC(=O)c1cc(F)c(NC2CCCCC2N)nc1Nc1ccc(N2CCCC2)cc1. The molecule has 2 atom stereocenters. The number of primary amides is 1. The molecule has 2 fully saturated rings. The van der Waals surface area contributed by atoms with Crippen molar-refractivity contribution in [2.45, 2.75) is 50.6 Å². The molecule has 2 heterocycles. The highest BCUT2D eigenvalue weighted by Gasteiger charge is 2.24. The summed E-state index contributed by atoms with van der Waals surface area (Å²) in [5.74, 6) is -1.04. The summed E-state index contributed by atoms with van der Waals surface area (Å²) in [7, 11) is 0. The Labute approximate surface area is 176 Å². The first-order chi connectivity index (χ1) is 14.5. The Kier molecular flexibility index (Phi) is 6.03. The average Bonchev–Trinajstić information content (AvgIpc) is 3.27. The molecule has 30 heavy (non-hydrogen) atoms. The van der Waals surface area contributed by atoms with Gasteiger partial charge in [0.25, 0.3) is 5.91 Å². The van der Waals surface area contributed by atoms with Gasteiger partial charge in [-0.3, -0.25) is 4.79 Å². The van der Waals surface area contributed by atoms with E-state index in [1.165, 1.54) is 12.8 Å². The van der Waals surface area contributed by atoms with Crippen LogP contribution in [0, 0.1) is 5.82 Å². The van der Waals surface area contributed by atoms with Gasteiger partial charge in [0.05, 0.1) is 5.56 Å². The number of anilines is 4. The van der Waals surface area contributed by atoms with Crippen LogP contribution in [0.1, 0.15) is 48.9 Å². The largest absolute Gasteiger partial charge is 0.372 e. The monoisotopic (exact) mass is 412 g/mol. The quantitative estimate of drug-likeness (QED) is 0.579. The second-order valence-electron chi connectivity index (χ2n) is 8.14. The molecule has 0 radical (unpaired) electrons. The van der Waals surface area contributed by atoms with Gasteiger partial charge < -0.3 is 27.0 Å². The molecule has 7 nitrogen and oxygen atoms in total. The minimum atomic E-state index is -0.737. The number of carbonyl (C=O) groups is 1. The van der Waals surface area contributed by atoms with Gasteiger partial charge in [0.1, 0.15) is 5.82 Å². The van der Waals surface area contributed by atoms with Crippen molar-refractivity contribution in [2.24, 2.45) is 11.5 Å². The molecule has 2 unspecified atom stereocenters. The predicted molar refractivity (Wildman–Crippen MR) is 118 cm³/mol.